The van der Waals surface area contributed by atoms with E-state index in [0.29, 0.717) is 0 Å². The fourth-order valence-electron chi connectivity index (χ4n) is 1.50. The van der Waals surface area contributed by atoms with Crippen LogP contribution in [0.4, 0.5) is 0 Å². The Bertz CT molecular complexity index is 493. The van der Waals surface area contributed by atoms with Crippen LogP contribution < -0.4 is 5.73 Å². The van der Waals surface area contributed by atoms with Crippen LogP contribution in [0.25, 0.3) is 0 Å². The number of nitrogens with zero attached hydrogens (tertiary/aromatic N) is 2. The molecule has 86 valence electrons. The van der Waals surface area contributed by atoms with Crippen molar-refractivity contribution in [2.45, 2.75) is 0 Å². The molecule has 0 aromatic heterocycles. The zero-order valence-corrected chi connectivity index (χ0v) is 9.28. The van der Waals surface area contributed by atoms with Gasteiger partial charge in [0.15, 0.2) is 0 Å². The highest BCUT2D eigenvalue weighted by molar-refractivity contribution is 6.43. The van der Waals surface area contributed by atoms with E-state index in [1.165, 1.54) is 0 Å². The number of hydrogen-bond acceptors (Lipinski definition) is 3. The van der Waals surface area contributed by atoms with Gasteiger partial charge in [-0.2, -0.15) is 0 Å². The third-order valence-corrected chi connectivity index (χ3v) is 2.37. The van der Waals surface area contributed by atoms with Crippen molar-refractivity contribution < 1.29 is 4.79 Å². The van der Waals surface area contributed by atoms with Crippen LogP contribution in [0.3, 0.4) is 0 Å². The van der Waals surface area contributed by atoms with E-state index in [1.54, 1.807) is 18.4 Å². The van der Waals surface area contributed by atoms with Crippen molar-refractivity contribution in [2.24, 2.45) is 10.7 Å². The van der Waals surface area contributed by atoms with E-state index in [4.69, 9.17) is 5.73 Å². The minimum Gasteiger partial charge on any atom is -0.364 e. The van der Waals surface area contributed by atoms with E-state index in [1.807, 2.05) is 41.5 Å². The molecule has 2 heterocycles. The van der Waals surface area contributed by atoms with Gasteiger partial charge in [-0.1, -0.05) is 24.3 Å². The Labute approximate surface area is 99.8 Å². The van der Waals surface area contributed by atoms with Crippen LogP contribution in [-0.4, -0.2) is 23.1 Å². The number of fused-ring (bicyclic) bond motifs is 1. The highest BCUT2D eigenvalue weighted by Gasteiger charge is 2.06. The second-order valence-corrected chi connectivity index (χ2v) is 3.57. The first kappa shape index (κ1) is 11.1. The molecule has 0 unspecified atom stereocenters. The molecule has 4 nitrogen and oxygen atoms in total. The van der Waals surface area contributed by atoms with Crippen LogP contribution >= 0.6 is 0 Å². The van der Waals surface area contributed by atoms with Crippen molar-refractivity contribution in [2.75, 3.05) is 6.54 Å². The van der Waals surface area contributed by atoms with Gasteiger partial charge in [-0.05, 0) is 18.2 Å². The summed E-state index contributed by atoms with van der Waals surface area (Å²) in [5, 5.41) is 0. The van der Waals surface area contributed by atoms with Crippen LogP contribution in [0.15, 0.2) is 65.6 Å². The Balaban J connectivity index is 2.37. The van der Waals surface area contributed by atoms with E-state index in [9.17, 15) is 4.79 Å². The lowest BCUT2D eigenvalue weighted by atomic mass is 10.2. The van der Waals surface area contributed by atoms with Gasteiger partial charge < -0.3 is 10.6 Å². The van der Waals surface area contributed by atoms with Crippen molar-refractivity contribution in [3.63, 3.8) is 0 Å². The highest BCUT2D eigenvalue weighted by Crippen LogP contribution is 2.12. The van der Waals surface area contributed by atoms with E-state index in [-0.39, 0.29) is 5.71 Å². The van der Waals surface area contributed by atoms with Gasteiger partial charge in [0.25, 0.3) is 5.91 Å². The fourth-order valence-corrected chi connectivity index (χ4v) is 1.50. The minimum atomic E-state index is -0.533. The molecule has 2 rings (SSSR count). The lowest BCUT2D eigenvalue weighted by Gasteiger charge is -2.21. The van der Waals surface area contributed by atoms with Crippen molar-refractivity contribution >= 4 is 11.6 Å². The van der Waals surface area contributed by atoms with E-state index < -0.39 is 5.91 Å². The van der Waals surface area contributed by atoms with Gasteiger partial charge in [0.05, 0.1) is 11.9 Å². The first-order chi connectivity index (χ1) is 8.27. The van der Waals surface area contributed by atoms with Gasteiger partial charge in [0.2, 0.25) is 0 Å². The number of rotatable bonds is 1. The maximum absolute atomic E-state index is 11.1. The number of carbonyl (C=O) groups excluding carboxylic acids is 1. The summed E-state index contributed by atoms with van der Waals surface area (Å²) in [5.41, 5.74) is 6.39. The molecule has 2 aliphatic rings. The number of nitrogens with two attached hydrogens (primary N) is 1. The third kappa shape index (κ3) is 2.81. The number of primary amides is 1. The number of hydrogen-bond donors (Lipinski definition) is 1. The van der Waals surface area contributed by atoms with Gasteiger partial charge in [0.1, 0.15) is 5.71 Å². The Morgan fingerprint density at radius 2 is 2.06 bits per heavy atom. The average molecular weight is 227 g/mol. The van der Waals surface area contributed by atoms with Gasteiger partial charge in [-0.25, -0.2) is 4.99 Å². The van der Waals surface area contributed by atoms with Crippen molar-refractivity contribution in [3.8, 4) is 0 Å². The number of aliphatic imine (C=N–C) groups is 1. The molecule has 2 N–H and O–H groups in total. The summed E-state index contributed by atoms with van der Waals surface area (Å²) in [4.78, 5) is 17.2. The molecule has 0 fully saturated rings. The summed E-state index contributed by atoms with van der Waals surface area (Å²) in [6.45, 7) is 0.762. The molecule has 1 amide bonds. The predicted octanol–water partition coefficient (Wildman–Crippen LogP) is 1.27. The molecule has 17 heavy (non-hydrogen) atoms. The Hall–Kier alpha value is -2.36. The summed E-state index contributed by atoms with van der Waals surface area (Å²) in [7, 11) is 0. The number of amides is 1. The molecule has 0 bridgehead atoms. The second-order valence-electron chi connectivity index (χ2n) is 3.57. The van der Waals surface area contributed by atoms with E-state index in [0.717, 1.165) is 12.2 Å². The lowest BCUT2D eigenvalue weighted by molar-refractivity contribution is -0.111. The quantitative estimate of drug-likeness (QED) is 0.733. The van der Waals surface area contributed by atoms with Gasteiger partial charge >= 0.3 is 0 Å². The second kappa shape index (κ2) is 5.12. The van der Waals surface area contributed by atoms with Crippen molar-refractivity contribution in [1.29, 1.82) is 0 Å². The summed E-state index contributed by atoms with van der Waals surface area (Å²) >= 11 is 0. The zero-order valence-electron chi connectivity index (χ0n) is 9.28. The molecular weight excluding hydrogens is 214 g/mol. The van der Waals surface area contributed by atoms with Gasteiger partial charge in [-0.15, -0.1) is 0 Å². The molecule has 2 aliphatic heterocycles. The monoisotopic (exact) mass is 227 g/mol. The molecule has 0 aliphatic carbocycles. The first-order valence-corrected chi connectivity index (χ1v) is 5.30. The summed E-state index contributed by atoms with van der Waals surface area (Å²) in [6.07, 6.45) is 16.6. The molecule has 0 saturated heterocycles. The zero-order chi connectivity index (χ0) is 12.1. The van der Waals surface area contributed by atoms with Gasteiger partial charge in [0, 0.05) is 12.7 Å². The predicted molar refractivity (Wildman–Crippen MR) is 68.0 cm³/mol. The molecule has 0 aromatic rings. The Morgan fingerprint density at radius 3 is 2.88 bits per heavy atom. The average Bonchev–Trinajstić information content (AvgIpc) is 2.34. The standard InChI is InChI=1S/C13H13N3O/c14-13(17)12-7-2-1-4-8-16-9-5-3-6-11(16)10-15-12/h1-7,9-10H,8H2,(H2,14,17)/b4-1?,7-2?,11-10+,15-12?. The van der Waals surface area contributed by atoms with E-state index >= 15 is 0 Å². The third-order valence-electron chi connectivity index (χ3n) is 2.37. The maximum Gasteiger partial charge on any atom is 0.267 e. The van der Waals surface area contributed by atoms with Crippen LogP contribution in [0.5, 0.6) is 0 Å². The van der Waals surface area contributed by atoms with E-state index in [2.05, 4.69) is 4.99 Å². The summed E-state index contributed by atoms with van der Waals surface area (Å²) in [6, 6.07) is 0. The number of carbonyl (C=O) groups is 1. The normalized spacial score (nSPS) is 21.5. The minimum absolute atomic E-state index is 0.243. The molecule has 0 atom stereocenters. The molecule has 4 heteroatoms. The Morgan fingerprint density at radius 1 is 1.24 bits per heavy atom. The molecule has 0 radical (unpaired) electrons. The molecule has 0 aromatic carbocycles. The summed E-state index contributed by atoms with van der Waals surface area (Å²) < 4.78 is 0. The van der Waals surface area contributed by atoms with Gasteiger partial charge in [-0.3, -0.25) is 4.79 Å². The SMILES string of the molecule is NC(=O)C1=N/C=C2\C=CC=CN2CC=CC=C1. The largest absolute Gasteiger partial charge is 0.364 e. The lowest BCUT2D eigenvalue weighted by Crippen LogP contribution is -2.22. The fraction of sp³-hybridized carbons (Fsp3) is 0.0769. The smallest absolute Gasteiger partial charge is 0.267 e. The van der Waals surface area contributed by atoms with Crippen molar-refractivity contribution in [1.82, 2.24) is 4.90 Å². The topological polar surface area (TPSA) is 58.7 Å². The van der Waals surface area contributed by atoms with Crippen molar-refractivity contribution in [3.05, 3.63) is 60.6 Å². The highest BCUT2D eigenvalue weighted by atomic mass is 16.1. The molecule has 0 spiro atoms. The Kier molecular flexibility index (Phi) is 3.35. The van der Waals surface area contributed by atoms with Crippen LogP contribution in [0.1, 0.15) is 0 Å². The maximum atomic E-state index is 11.1. The first-order valence-electron chi connectivity index (χ1n) is 5.30. The molecule has 0 saturated carbocycles. The molecular formula is C13H13N3O. The number of allylic oxidation sites excluding steroid dienone is 5. The van der Waals surface area contributed by atoms with Crippen LogP contribution in [0.2, 0.25) is 0 Å². The summed E-state index contributed by atoms with van der Waals surface area (Å²) in [5.74, 6) is -0.533. The van der Waals surface area contributed by atoms with Crippen LogP contribution in [-0.2, 0) is 4.79 Å². The van der Waals surface area contributed by atoms with Crippen LogP contribution in [0, 0.1) is 0 Å².